The van der Waals surface area contributed by atoms with Crippen molar-refractivity contribution >= 4 is 29.0 Å². The molecular weight excluding hydrogens is 386 g/mol. The van der Waals surface area contributed by atoms with Gasteiger partial charge in [-0.15, -0.1) is 23.1 Å². The van der Waals surface area contributed by atoms with Crippen LogP contribution in [-0.4, -0.2) is 52.1 Å². The number of benzene rings is 1. The zero-order valence-corrected chi connectivity index (χ0v) is 18.8. The molecule has 0 N–H and O–H groups in total. The van der Waals surface area contributed by atoms with Crippen LogP contribution in [0.2, 0.25) is 0 Å². The van der Waals surface area contributed by atoms with Gasteiger partial charge in [-0.2, -0.15) is 0 Å². The lowest BCUT2D eigenvalue weighted by atomic mass is 9.98. The lowest BCUT2D eigenvalue weighted by molar-refractivity contribution is -0.132. The number of fused-ring (bicyclic) bond motifs is 1. The highest BCUT2D eigenvalue weighted by molar-refractivity contribution is 8.01. The van der Waals surface area contributed by atoms with Gasteiger partial charge in [-0.25, -0.2) is 4.98 Å². The predicted octanol–water partition coefficient (Wildman–Crippen LogP) is 4.11. The third-order valence-electron chi connectivity index (χ3n) is 5.44. The van der Waals surface area contributed by atoms with Gasteiger partial charge in [-0.05, 0) is 25.0 Å². The molecule has 4 rings (SSSR count). The van der Waals surface area contributed by atoms with E-state index in [1.165, 1.54) is 21.0 Å². The van der Waals surface area contributed by atoms with Gasteiger partial charge in [-0.3, -0.25) is 9.69 Å². The number of nitrogens with zero attached hydrogens (tertiary/aromatic N) is 3. The number of aromatic nitrogens is 1. The van der Waals surface area contributed by atoms with Crippen molar-refractivity contribution in [3.8, 4) is 0 Å². The Morgan fingerprint density at radius 3 is 2.64 bits per heavy atom. The minimum Gasteiger partial charge on any atom is -0.339 e. The van der Waals surface area contributed by atoms with Gasteiger partial charge in [0, 0.05) is 48.4 Å². The molecule has 1 aromatic heterocycles. The van der Waals surface area contributed by atoms with Crippen molar-refractivity contribution in [2.45, 2.75) is 56.2 Å². The maximum absolute atomic E-state index is 13.0. The monoisotopic (exact) mass is 415 g/mol. The van der Waals surface area contributed by atoms with Gasteiger partial charge in [0.15, 0.2) is 0 Å². The first kappa shape index (κ1) is 19.9. The fourth-order valence-electron chi connectivity index (χ4n) is 3.76. The highest BCUT2D eigenvalue weighted by Crippen LogP contribution is 2.38. The number of rotatable bonds is 3. The molecule has 0 spiro atoms. The van der Waals surface area contributed by atoms with Crippen molar-refractivity contribution in [1.29, 1.82) is 0 Å². The molecule has 6 heteroatoms. The molecule has 2 aliphatic heterocycles. The molecule has 1 atom stereocenters. The fraction of sp³-hybridized carbons (Fsp3) is 0.545. The van der Waals surface area contributed by atoms with E-state index in [9.17, 15) is 4.79 Å². The number of hydrogen-bond acceptors (Lipinski definition) is 5. The van der Waals surface area contributed by atoms with Crippen LogP contribution < -0.4 is 0 Å². The van der Waals surface area contributed by atoms with Gasteiger partial charge in [0.1, 0.15) is 0 Å². The molecule has 0 aliphatic carbocycles. The van der Waals surface area contributed by atoms with Gasteiger partial charge >= 0.3 is 0 Å². The Bertz CT molecular complexity index is 863. The fourth-order valence-corrected chi connectivity index (χ4v) is 6.03. The highest BCUT2D eigenvalue weighted by atomic mass is 32.2. The number of carbonyl (C=O) groups is 1. The Morgan fingerprint density at radius 1 is 1.21 bits per heavy atom. The summed E-state index contributed by atoms with van der Waals surface area (Å²) in [5.74, 6) is 0.308. The van der Waals surface area contributed by atoms with E-state index in [1.54, 1.807) is 23.1 Å². The van der Waals surface area contributed by atoms with Crippen molar-refractivity contribution in [2.75, 3.05) is 26.2 Å². The van der Waals surface area contributed by atoms with E-state index in [-0.39, 0.29) is 10.7 Å². The van der Waals surface area contributed by atoms with Crippen molar-refractivity contribution in [3.63, 3.8) is 0 Å². The summed E-state index contributed by atoms with van der Waals surface area (Å²) < 4.78 is 0. The Morgan fingerprint density at radius 2 is 1.96 bits per heavy atom. The van der Waals surface area contributed by atoms with Crippen LogP contribution >= 0.6 is 23.1 Å². The summed E-state index contributed by atoms with van der Waals surface area (Å²) in [5, 5.41) is 3.44. The summed E-state index contributed by atoms with van der Waals surface area (Å²) in [7, 11) is 0. The quantitative estimate of drug-likeness (QED) is 0.756. The smallest absolute Gasteiger partial charge is 0.236 e. The molecule has 2 aliphatic rings. The zero-order valence-electron chi connectivity index (χ0n) is 17.2. The third kappa shape index (κ3) is 4.29. The van der Waals surface area contributed by atoms with Crippen LogP contribution in [0.1, 0.15) is 42.6 Å². The second-order valence-corrected chi connectivity index (χ2v) is 11.0. The van der Waals surface area contributed by atoms with Gasteiger partial charge in [0.05, 0.1) is 16.0 Å². The maximum Gasteiger partial charge on any atom is 0.236 e. The van der Waals surface area contributed by atoms with Crippen LogP contribution in [0.5, 0.6) is 0 Å². The summed E-state index contributed by atoms with van der Waals surface area (Å²) >= 11 is 3.50. The molecule has 1 aromatic carbocycles. The van der Waals surface area contributed by atoms with E-state index in [0.717, 1.165) is 44.8 Å². The van der Waals surface area contributed by atoms with Crippen LogP contribution in [0.15, 0.2) is 28.5 Å². The minimum atomic E-state index is 0.0521. The van der Waals surface area contributed by atoms with E-state index < -0.39 is 0 Å². The van der Waals surface area contributed by atoms with Gasteiger partial charge < -0.3 is 4.90 Å². The van der Waals surface area contributed by atoms with E-state index >= 15 is 0 Å². The summed E-state index contributed by atoms with van der Waals surface area (Å²) in [5.41, 5.74) is 3.87. The van der Waals surface area contributed by atoms with Crippen LogP contribution in [0.4, 0.5) is 0 Å². The Balaban J connectivity index is 1.30. The Hall–Kier alpha value is -1.37. The molecule has 4 nitrogen and oxygen atoms in total. The first-order chi connectivity index (χ1) is 13.3. The molecule has 0 unspecified atom stereocenters. The second-order valence-electron chi connectivity index (χ2n) is 8.92. The summed E-state index contributed by atoms with van der Waals surface area (Å²) in [6.07, 6.45) is 0.869. The average molecular weight is 416 g/mol. The van der Waals surface area contributed by atoms with Crippen molar-refractivity contribution < 1.29 is 4.79 Å². The largest absolute Gasteiger partial charge is 0.339 e. The second kappa shape index (κ2) is 7.81. The Kier molecular flexibility index (Phi) is 5.55. The maximum atomic E-state index is 13.0. The van der Waals surface area contributed by atoms with E-state index in [0.29, 0.717) is 5.91 Å². The lowest BCUT2D eigenvalue weighted by Gasteiger charge is -2.35. The SMILES string of the molecule is Cc1ccc2c(c1)S[C@@H](C(=O)N1CCN(Cc3csc(C(C)(C)C)n3)CC1)C2. The summed E-state index contributed by atoms with van der Waals surface area (Å²) in [4.78, 5) is 23.6. The molecule has 0 saturated carbocycles. The standard InChI is InChI=1S/C22H29N3OS2/c1-15-5-6-16-12-19(28-18(16)11-15)20(26)25-9-7-24(8-10-25)13-17-14-27-21(23-17)22(2,3)4/h5-6,11,14,19H,7-10,12-13H2,1-4H3/t19-/m1/s1. The van der Waals surface area contributed by atoms with Gasteiger partial charge in [0.25, 0.3) is 0 Å². The summed E-state index contributed by atoms with van der Waals surface area (Å²) in [6.45, 7) is 13.1. The Labute approximate surface area is 176 Å². The highest BCUT2D eigenvalue weighted by Gasteiger charge is 2.33. The molecule has 1 saturated heterocycles. The van der Waals surface area contributed by atoms with E-state index in [1.807, 2.05) is 0 Å². The van der Waals surface area contributed by atoms with Gasteiger partial charge in [-0.1, -0.05) is 38.5 Å². The average Bonchev–Trinajstić information content (AvgIpc) is 3.28. The van der Waals surface area contributed by atoms with Crippen molar-refractivity contribution in [3.05, 3.63) is 45.4 Å². The molecule has 0 bridgehead atoms. The molecule has 1 amide bonds. The predicted molar refractivity (Wildman–Crippen MR) is 117 cm³/mol. The first-order valence-electron chi connectivity index (χ1n) is 10.0. The number of aryl methyl sites for hydroxylation is 1. The number of carbonyl (C=O) groups excluding carboxylic acids is 1. The topological polar surface area (TPSA) is 36.4 Å². The molecule has 2 aromatic rings. The number of thiazole rings is 1. The van der Waals surface area contributed by atoms with Crippen molar-refractivity contribution in [1.82, 2.24) is 14.8 Å². The molecule has 1 fully saturated rings. The number of amides is 1. The first-order valence-corrected chi connectivity index (χ1v) is 11.8. The number of piperazine rings is 1. The number of hydrogen-bond donors (Lipinski definition) is 0. The molecule has 3 heterocycles. The summed E-state index contributed by atoms with van der Waals surface area (Å²) in [6, 6.07) is 6.54. The van der Waals surface area contributed by atoms with Gasteiger partial charge in [0.2, 0.25) is 5.91 Å². The van der Waals surface area contributed by atoms with Crippen LogP contribution in [0.25, 0.3) is 0 Å². The minimum absolute atomic E-state index is 0.0521. The van der Waals surface area contributed by atoms with Crippen molar-refractivity contribution in [2.24, 2.45) is 0 Å². The zero-order chi connectivity index (χ0) is 19.9. The molecule has 0 radical (unpaired) electrons. The molecule has 28 heavy (non-hydrogen) atoms. The normalized spacial score (nSPS) is 20.4. The van der Waals surface area contributed by atoms with E-state index in [4.69, 9.17) is 4.98 Å². The van der Waals surface area contributed by atoms with Crippen LogP contribution in [0.3, 0.4) is 0 Å². The van der Waals surface area contributed by atoms with Crippen LogP contribution in [0, 0.1) is 6.92 Å². The molecular formula is C22H29N3OS2. The number of thioether (sulfide) groups is 1. The van der Waals surface area contributed by atoms with Crippen LogP contribution in [-0.2, 0) is 23.2 Å². The third-order valence-corrected chi connectivity index (χ3v) is 8.04. The lowest BCUT2D eigenvalue weighted by Crippen LogP contribution is -2.50. The molecule has 150 valence electrons. The van der Waals surface area contributed by atoms with E-state index in [2.05, 4.69) is 61.1 Å².